The molecule has 0 aliphatic rings. The Morgan fingerprint density at radius 2 is 2.15 bits per heavy atom. The lowest BCUT2D eigenvalue weighted by molar-refractivity contribution is 0.102. The minimum atomic E-state index is -0.532. The molecule has 0 aliphatic heterocycles. The van der Waals surface area contributed by atoms with Crippen LogP contribution in [0.5, 0.6) is 5.75 Å². The maximum absolute atomic E-state index is 14.3. The van der Waals surface area contributed by atoms with Crippen molar-refractivity contribution in [1.82, 2.24) is 14.8 Å². The van der Waals surface area contributed by atoms with Crippen LogP contribution >= 0.6 is 11.3 Å². The molecule has 0 unspecified atom stereocenters. The molecule has 8 heteroatoms. The largest absolute Gasteiger partial charge is 0.497 e. The first-order chi connectivity index (χ1) is 12.6. The number of hydrogen-bond acceptors (Lipinski definition) is 5. The van der Waals surface area contributed by atoms with Gasteiger partial charge in [-0.25, -0.2) is 14.1 Å². The topological polar surface area (TPSA) is 69.0 Å². The summed E-state index contributed by atoms with van der Waals surface area (Å²) in [5.41, 5.74) is 1.24. The highest BCUT2D eigenvalue weighted by molar-refractivity contribution is 7.22. The van der Waals surface area contributed by atoms with Crippen molar-refractivity contribution in [1.29, 1.82) is 0 Å². The molecular weight excluding hydrogens is 355 g/mol. The number of methoxy groups -OCH3 is 1. The lowest BCUT2D eigenvalue weighted by Gasteiger charge is -2.06. The average molecular weight is 368 g/mol. The normalized spacial score (nSPS) is 10.8. The Kier molecular flexibility index (Phi) is 4.10. The van der Waals surface area contributed by atoms with Crippen molar-refractivity contribution in [2.24, 2.45) is 0 Å². The molecule has 1 amide bonds. The average Bonchev–Trinajstić information content (AvgIpc) is 3.30. The van der Waals surface area contributed by atoms with E-state index in [1.165, 1.54) is 28.2 Å². The Morgan fingerprint density at radius 3 is 2.88 bits per heavy atom. The van der Waals surface area contributed by atoms with Crippen molar-refractivity contribution < 1.29 is 13.9 Å². The van der Waals surface area contributed by atoms with Gasteiger partial charge < -0.3 is 4.74 Å². The zero-order valence-electron chi connectivity index (χ0n) is 13.6. The number of ether oxygens (including phenoxy) is 1. The third-order valence-electron chi connectivity index (χ3n) is 3.78. The zero-order chi connectivity index (χ0) is 18.1. The minimum absolute atomic E-state index is 0.204. The molecule has 6 nitrogen and oxygen atoms in total. The van der Waals surface area contributed by atoms with Crippen molar-refractivity contribution in [3.8, 4) is 11.4 Å². The maximum atomic E-state index is 14.3. The van der Waals surface area contributed by atoms with Crippen LogP contribution in [-0.4, -0.2) is 27.8 Å². The monoisotopic (exact) mass is 368 g/mol. The molecule has 130 valence electrons. The fourth-order valence-electron chi connectivity index (χ4n) is 2.50. The number of rotatable bonds is 4. The number of aromatic nitrogens is 3. The summed E-state index contributed by atoms with van der Waals surface area (Å²) in [5, 5.41) is 7.13. The van der Waals surface area contributed by atoms with Crippen LogP contribution in [0.25, 0.3) is 15.9 Å². The molecule has 0 bridgehead atoms. The van der Waals surface area contributed by atoms with Crippen molar-refractivity contribution in [3.63, 3.8) is 0 Å². The predicted molar refractivity (Wildman–Crippen MR) is 97.6 cm³/mol. The fourth-order valence-corrected chi connectivity index (χ4v) is 3.39. The van der Waals surface area contributed by atoms with Gasteiger partial charge in [0.25, 0.3) is 5.91 Å². The number of hydrogen-bond donors (Lipinski definition) is 1. The molecule has 2 aromatic carbocycles. The van der Waals surface area contributed by atoms with Crippen molar-refractivity contribution in [2.45, 2.75) is 0 Å². The van der Waals surface area contributed by atoms with E-state index in [1.807, 2.05) is 12.1 Å². The Balaban J connectivity index is 1.57. The van der Waals surface area contributed by atoms with Crippen LogP contribution in [0, 0.1) is 5.82 Å². The summed E-state index contributed by atoms with van der Waals surface area (Å²) in [6.45, 7) is 0. The van der Waals surface area contributed by atoms with Crippen molar-refractivity contribution in [2.75, 3.05) is 12.4 Å². The summed E-state index contributed by atoms with van der Waals surface area (Å²) in [6, 6.07) is 11.4. The Bertz CT molecular complexity index is 1090. The summed E-state index contributed by atoms with van der Waals surface area (Å²) in [4.78, 5) is 16.8. The molecule has 0 fully saturated rings. The van der Waals surface area contributed by atoms with E-state index in [2.05, 4.69) is 15.4 Å². The van der Waals surface area contributed by atoms with Gasteiger partial charge in [0.1, 0.15) is 17.3 Å². The number of benzene rings is 2. The molecular formula is C18H13FN4O2S. The molecule has 0 radical (unpaired) electrons. The Hall–Kier alpha value is -3.26. The van der Waals surface area contributed by atoms with E-state index in [-0.39, 0.29) is 11.3 Å². The number of thiazole rings is 1. The van der Waals surface area contributed by atoms with Crippen molar-refractivity contribution >= 4 is 32.6 Å². The van der Waals surface area contributed by atoms with E-state index >= 15 is 0 Å². The molecule has 4 aromatic rings. The zero-order valence-corrected chi connectivity index (χ0v) is 14.5. The van der Waals surface area contributed by atoms with Gasteiger partial charge in [-0.2, -0.15) is 5.10 Å². The van der Waals surface area contributed by atoms with Gasteiger partial charge in [-0.05, 0) is 42.5 Å². The van der Waals surface area contributed by atoms with Gasteiger partial charge in [-0.15, -0.1) is 0 Å². The van der Waals surface area contributed by atoms with Crippen LogP contribution in [-0.2, 0) is 0 Å². The van der Waals surface area contributed by atoms with Gasteiger partial charge in [-0.3, -0.25) is 10.1 Å². The van der Waals surface area contributed by atoms with E-state index in [1.54, 1.807) is 37.7 Å². The number of carbonyl (C=O) groups excluding carboxylic acids is 1. The van der Waals surface area contributed by atoms with E-state index in [0.717, 1.165) is 16.0 Å². The Labute approximate surface area is 151 Å². The van der Waals surface area contributed by atoms with Gasteiger partial charge in [0.2, 0.25) is 0 Å². The molecule has 26 heavy (non-hydrogen) atoms. The molecule has 0 spiro atoms. The second kappa shape index (κ2) is 6.57. The maximum Gasteiger partial charge on any atom is 0.257 e. The van der Waals surface area contributed by atoms with E-state index in [9.17, 15) is 9.18 Å². The highest BCUT2D eigenvalue weighted by Crippen LogP contribution is 2.29. The highest BCUT2D eigenvalue weighted by Gasteiger charge is 2.13. The molecule has 2 heterocycles. The number of halogens is 1. The molecule has 0 saturated heterocycles. The summed E-state index contributed by atoms with van der Waals surface area (Å²) in [6.07, 6.45) is 3.19. The molecule has 0 atom stereocenters. The number of fused-ring (bicyclic) bond motifs is 1. The molecule has 0 saturated carbocycles. The summed E-state index contributed by atoms with van der Waals surface area (Å²) in [7, 11) is 1.59. The first kappa shape index (κ1) is 16.2. The summed E-state index contributed by atoms with van der Waals surface area (Å²) >= 11 is 1.32. The minimum Gasteiger partial charge on any atom is -0.497 e. The molecule has 4 rings (SSSR count). The van der Waals surface area contributed by atoms with Crippen LogP contribution in [0.3, 0.4) is 0 Å². The van der Waals surface area contributed by atoms with Gasteiger partial charge in [0, 0.05) is 18.0 Å². The first-order valence-corrected chi connectivity index (χ1v) is 8.51. The van der Waals surface area contributed by atoms with E-state index < -0.39 is 11.7 Å². The van der Waals surface area contributed by atoms with Crippen LogP contribution in [0.2, 0.25) is 0 Å². The Morgan fingerprint density at radius 1 is 1.27 bits per heavy atom. The standard InChI is InChI=1S/C18H13FN4O2S/c1-25-12-4-5-14-16(10-12)26-18(21-14)22-17(24)11-3-6-15(13(19)9-11)23-8-2-7-20-23/h2-10H,1H3,(H,21,22,24). The fraction of sp³-hybridized carbons (Fsp3) is 0.0556. The predicted octanol–water partition coefficient (Wildman–Crippen LogP) is 3.88. The van der Waals surface area contributed by atoms with Gasteiger partial charge in [-0.1, -0.05) is 11.3 Å². The van der Waals surface area contributed by atoms with E-state index in [4.69, 9.17) is 4.74 Å². The third-order valence-corrected chi connectivity index (χ3v) is 4.71. The lowest BCUT2D eigenvalue weighted by atomic mass is 10.2. The lowest BCUT2D eigenvalue weighted by Crippen LogP contribution is -2.12. The number of carbonyl (C=O) groups is 1. The van der Waals surface area contributed by atoms with Crippen LogP contribution in [0.1, 0.15) is 10.4 Å². The number of nitrogens with zero attached hydrogens (tertiary/aromatic N) is 3. The summed E-state index contributed by atoms with van der Waals surface area (Å²) < 4.78 is 21.8. The number of amides is 1. The second-order valence-electron chi connectivity index (χ2n) is 5.42. The molecule has 1 N–H and O–H groups in total. The summed E-state index contributed by atoms with van der Waals surface area (Å²) in [5.74, 6) is -0.243. The van der Waals surface area contributed by atoms with Gasteiger partial charge in [0.15, 0.2) is 5.13 Å². The smallest absolute Gasteiger partial charge is 0.257 e. The number of anilines is 1. The molecule has 0 aliphatic carbocycles. The molecule has 2 aromatic heterocycles. The SMILES string of the molecule is COc1ccc2nc(NC(=O)c3ccc(-n4cccn4)c(F)c3)sc2c1. The van der Waals surface area contributed by atoms with Gasteiger partial charge in [0.05, 0.1) is 17.3 Å². The van der Waals surface area contributed by atoms with Crippen LogP contribution < -0.4 is 10.1 Å². The van der Waals surface area contributed by atoms with Crippen LogP contribution in [0.4, 0.5) is 9.52 Å². The van der Waals surface area contributed by atoms with E-state index in [0.29, 0.717) is 5.13 Å². The number of nitrogens with one attached hydrogen (secondary N) is 1. The highest BCUT2D eigenvalue weighted by atomic mass is 32.1. The quantitative estimate of drug-likeness (QED) is 0.593. The van der Waals surface area contributed by atoms with Gasteiger partial charge >= 0.3 is 0 Å². The van der Waals surface area contributed by atoms with Crippen molar-refractivity contribution in [3.05, 3.63) is 66.2 Å². The second-order valence-corrected chi connectivity index (χ2v) is 6.45. The van der Waals surface area contributed by atoms with Crippen LogP contribution in [0.15, 0.2) is 54.9 Å². The first-order valence-electron chi connectivity index (χ1n) is 7.69. The third kappa shape index (κ3) is 3.02.